The van der Waals surface area contributed by atoms with E-state index in [9.17, 15) is 4.39 Å². The van der Waals surface area contributed by atoms with E-state index in [0.29, 0.717) is 5.69 Å². The summed E-state index contributed by atoms with van der Waals surface area (Å²) in [6.07, 6.45) is 0.493. The first-order valence-corrected chi connectivity index (χ1v) is 4.04. The Labute approximate surface area is 71.4 Å². The van der Waals surface area contributed by atoms with Crippen LogP contribution in [0.4, 0.5) is 4.39 Å². The van der Waals surface area contributed by atoms with E-state index in [2.05, 4.69) is 5.10 Å². The molecule has 68 valence electrons. The summed E-state index contributed by atoms with van der Waals surface area (Å²) in [7, 11) is 0. The Bertz CT molecular complexity index is 244. The van der Waals surface area contributed by atoms with Gasteiger partial charge < -0.3 is 5.73 Å². The molecule has 1 aromatic heterocycles. The van der Waals surface area contributed by atoms with Crippen LogP contribution in [0.1, 0.15) is 31.8 Å². The van der Waals surface area contributed by atoms with Crippen LogP contribution >= 0.6 is 0 Å². The van der Waals surface area contributed by atoms with Gasteiger partial charge in [-0.1, -0.05) is 0 Å². The average molecular weight is 171 g/mol. The minimum Gasteiger partial charge on any atom is -0.327 e. The van der Waals surface area contributed by atoms with Crippen LogP contribution in [-0.2, 0) is 0 Å². The van der Waals surface area contributed by atoms with Crippen LogP contribution in [0.2, 0.25) is 0 Å². The molecular weight excluding hydrogens is 157 g/mol. The van der Waals surface area contributed by atoms with Crippen molar-refractivity contribution >= 4 is 0 Å². The second-order valence-corrected chi connectivity index (χ2v) is 3.00. The molecule has 1 unspecified atom stereocenters. The smallest absolute Gasteiger partial charge is 0.154 e. The molecule has 12 heavy (non-hydrogen) atoms. The van der Waals surface area contributed by atoms with Crippen LogP contribution in [0.5, 0.6) is 0 Å². The van der Waals surface area contributed by atoms with E-state index in [0.717, 1.165) is 0 Å². The number of alkyl halides is 1. The minimum absolute atomic E-state index is 0.0123. The highest BCUT2D eigenvalue weighted by Crippen LogP contribution is 2.18. The third-order valence-corrected chi connectivity index (χ3v) is 1.72. The number of hydrogen-bond donors (Lipinski definition) is 1. The molecule has 1 atom stereocenters. The van der Waals surface area contributed by atoms with Gasteiger partial charge in [0.15, 0.2) is 6.17 Å². The predicted molar refractivity (Wildman–Crippen MR) is 45.5 cm³/mol. The SMILES string of the molecule is CC(C)n1nccc1C(F)CN. The maximum absolute atomic E-state index is 13.1. The highest BCUT2D eigenvalue weighted by molar-refractivity contribution is 5.05. The lowest BCUT2D eigenvalue weighted by Gasteiger charge is -2.12. The lowest BCUT2D eigenvalue weighted by Crippen LogP contribution is -2.14. The van der Waals surface area contributed by atoms with Crippen LogP contribution in [0, 0.1) is 0 Å². The molecule has 0 amide bonds. The van der Waals surface area contributed by atoms with Gasteiger partial charge in [0.05, 0.1) is 5.69 Å². The van der Waals surface area contributed by atoms with Crippen molar-refractivity contribution in [3.8, 4) is 0 Å². The molecule has 4 heteroatoms. The maximum Gasteiger partial charge on any atom is 0.154 e. The molecular formula is C8H14FN3. The first-order chi connectivity index (χ1) is 5.66. The standard InChI is InChI=1S/C8H14FN3/c1-6(2)12-8(3-4-11-12)7(9)5-10/h3-4,6-7H,5,10H2,1-2H3. The van der Waals surface area contributed by atoms with E-state index in [-0.39, 0.29) is 12.6 Å². The fourth-order valence-corrected chi connectivity index (χ4v) is 1.12. The van der Waals surface area contributed by atoms with Gasteiger partial charge in [-0.25, -0.2) is 4.39 Å². The molecule has 0 aromatic carbocycles. The Kier molecular flexibility index (Phi) is 2.81. The van der Waals surface area contributed by atoms with Gasteiger partial charge in [-0.15, -0.1) is 0 Å². The van der Waals surface area contributed by atoms with Crippen molar-refractivity contribution in [1.82, 2.24) is 9.78 Å². The molecule has 2 N–H and O–H groups in total. The lowest BCUT2D eigenvalue weighted by atomic mass is 10.2. The summed E-state index contributed by atoms with van der Waals surface area (Å²) in [5.74, 6) is 0. The second kappa shape index (κ2) is 3.67. The summed E-state index contributed by atoms with van der Waals surface area (Å²) >= 11 is 0. The third-order valence-electron chi connectivity index (χ3n) is 1.72. The Hall–Kier alpha value is -0.900. The minimum atomic E-state index is -1.10. The molecule has 0 saturated carbocycles. The molecule has 0 fully saturated rings. The molecule has 0 radical (unpaired) electrons. The molecule has 0 aliphatic carbocycles. The topological polar surface area (TPSA) is 43.8 Å². The van der Waals surface area contributed by atoms with E-state index in [1.807, 2.05) is 13.8 Å². The van der Waals surface area contributed by atoms with Gasteiger partial charge in [-0.2, -0.15) is 5.10 Å². The Balaban J connectivity index is 2.91. The van der Waals surface area contributed by atoms with Gasteiger partial charge in [0.25, 0.3) is 0 Å². The van der Waals surface area contributed by atoms with Gasteiger partial charge in [0.2, 0.25) is 0 Å². The number of nitrogens with two attached hydrogens (primary N) is 1. The number of aromatic nitrogens is 2. The summed E-state index contributed by atoms with van der Waals surface area (Å²) in [5, 5.41) is 4.01. The zero-order valence-electron chi connectivity index (χ0n) is 7.37. The first kappa shape index (κ1) is 9.19. The Morgan fingerprint density at radius 2 is 2.33 bits per heavy atom. The average Bonchev–Trinajstić information content (AvgIpc) is 2.50. The number of halogens is 1. The first-order valence-electron chi connectivity index (χ1n) is 4.04. The van der Waals surface area contributed by atoms with Crippen LogP contribution in [0.3, 0.4) is 0 Å². The summed E-state index contributed by atoms with van der Waals surface area (Å²) in [6, 6.07) is 1.84. The molecule has 1 heterocycles. The van der Waals surface area contributed by atoms with E-state index < -0.39 is 6.17 Å². The molecule has 3 nitrogen and oxygen atoms in total. The lowest BCUT2D eigenvalue weighted by molar-refractivity contribution is 0.320. The highest BCUT2D eigenvalue weighted by Gasteiger charge is 2.14. The molecule has 0 bridgehead atoms. The predicted octanol–water partition coefficient (Wildman–Crippen LogP) is 1.43. The fourth-order valence-electron chi connectivity index (χ4n) is 1.12. The van der Waals surface area contributed by atoms with Crippen LogP contribution < -0.4 is 5.73 Å². The van der Waals surface area contributed by atoms with Gasteiger partial charge >= 0.3 is 0 Å². The van der Waals surface area contributed by atoms with E-state index in [1.165, 1.54) is 0 Å². The van der Waals surface area contributed by atoms with Crippen molar-refractivity contribution in [3.05, 3.63) is 18.0 Å². The van der Waals surface area contributed by atoms with Crippen LogP contribution in [0.25, 0.3) is 0 Å². The van der Waals surface area contributed by atoms with E-state index in [4.69, 9.17) is 5.73 Å². The van der Waals surface area contributed by atoms with Crippen molar-refractivity contribution in [2.45, 2.75) is 26.1 Å². The van der Waals surface area contributed by atoms with Crippen molar-refractivity contribution in [1.29, 1.82) is 0 Å². The number of hydrogen-bond acceptors (Lipinski definition) is 2. The number of rotatable bonds is 3. The van der Waals surface area contributed by atoms with Crippen molar-refractivity contribution in [2.75, 3.05) is 6.54 Å². The molecule has 1 aromatic rings. The Morgan fingerprint density at radius 1 is 1.67 bits per heavy atom. The fraction of sp³-hybridized carbons (Fsp3) is 0.625. The summed E-state index contributed by atoms with van der Waals surface area (Å²) in [5.41, 5.74) is 5.78. The van der Waals surface area contributed by atoms with Gasteiger partial charge in [0, 0.05) is 18.8 Å². The third kappa shape index (κ3) is 1.64. The largest absolute Gasteiger partial charge is 0.327 e. The van der Waals surface area contributed by atoms with E-state index in [1.54, 1.807) is 16.9 Å². The summed E-state index contributed by atoms with van der Waals surface area (Å²) < 4.78 is 14.8. The Morgan fingerprint density at radius 3 is 2.83 bits per heavy atom. The van der Waals surface area contributed by atoms with Crippen LogP contribution in [-0.4, -0.2) is 16.3 Å². The normalized spacial score (nSPS) is 13.8. The molecule has 0 aliphatic heterocycles. The zero-order chi connectivity index (χ0) is 9.14. The quantitative estimate of drug-likeness (QED) is 0.747. The summed E-state index contributed by atoms with van der Waals surface area (Å²) in [6.45, 7) is 3.93. The monoisotopic (exact) mass is 171 g/mol. The molecule has 0 spiro atoms. The number of nitrogens with zero attached hydrogens (tertiary/aromatic N) is 2. The van der Waals surface area contributed by atoms with Gasteiger partial charge in [0.1, 0.15) is 0 Å². The van der Waals surface area contributed by atoms with Crippen molar-refractivity contribution < 1.29 is 4.39 Å². The second-order valence-electron chi connectivity index (χ2n) is 3.00. The van der Waals surface area contributed by atoms with Gasteiger partial charge in [-0.3, -0.25) is 4.68 Å². The van der Waals surface area contributed by atoms with Crippen molar-refractivity contribution in [2.24, 2.45) is 5.73 Å². The molecule has 1 rings (SSSR count). The van der Waals surface area contributed by atoms with Crippen molar-refractivity contribution in [3.63, 3.8) is 0 Å². The summed E-state index contributed by atoms with van der Waals surface area (Å²) in [4.78, 5) is 0. The molecule has 0 aliphatic rings. The van der Waals surface area contributed by atoms with Crippen LogP contribution in [0.15, 0.2) is 12.3 Å². The highest BCUT2D eigenvalue weighted by atomic mass is 19.1. The zero-order valence-corrected chi connectivity index (χ0v) is 7.37. The van der Waals surface area contributed by atoms with Gasteiger partial charge in [-0.05, 0) is 19.9 Å². The van der Waals surface area contributed by atoms with E-state index >= 15 is 0 Å². The molecule has 0 saturated heterocycles. The maximum atomic E-state index is 13.1.